The molecule has 2 aliphatic rings. The van der Waals surface area contributed by atoms with Gasteiger partial charge < -0.3 is 19.9 Å². The van der Waals surface area contributed by atoms with Crippen LogP contribution in [0, 0.1) is 30.1 Å². The average molecular weight is 307 g/mol. The highest BCUT2D eigenvalue weighted by Crippen LogP contribution is 2.47. The van der Waals surface area contributed by atoms with E-state index < -0.39 is 6.29 Å². The molecular weight excluding hydrogens is 282 g/mol. The van der Waals surface area contributed by atoms with Crippen LogP contribution in [0.4, 0.5) is 0 Å². The summed E-state index contributed by atoms with van der Waals surface area (Å²) in [5.41, 5.74) is 0. The molecule has 1 saturated carbocycles. The Balaban J connectivity index is 2.14. The van der Waals surface area contributed by atoms with Crippen LogP contribution in [0.1, 0.15) is 32.6 Å². The van der Waals surface area contributed by atoms with E-state index in [0.29, 0.717) is 24.7 Å². The summed E-state index contributed by atoms with van der Waals surface area (Å²) in [6.45, 7) is 2.78. The van der Waals surface area contributed by atoms with Crippen LogP contribution in [0.2, 0.25) is 0 Å². The number of hydrogen-bond acceptors (Lipinski definition) is 4. The first-order chi connectivity index (χ1) is 10.7. The van der Waals surface area contributed by atoms with Gasteiger partial charge in [-0.1, -0.05) is 5.92 Å². The van der Waals surface area contributed by atoms with E-state index in [1.807, 2.05) is 13.0 Å². The summed E-state index contributed by atoms with van der Waals surface area (Å²) in [5, 5.41) is 11.7. The molecule has 0 radical (unpaired) electrons. The summed E-state index contributed by atoms with van der Waals surface area (Å²) in [5.74, 6) is 3.45. The van der Waals surface area contributed by atoms with Crippen LogP contribution in [0.3, 0.4) is 0 Å². The average Bonchev–Trinajstić information content (AvgIpc) is 3.35. The van der Waals surface area contributed by atoms with E-state index in [0.717, 1.165) is 6.42 Å². The summed E-state index contributed by atoms with van der Waals surface area (Å²) in [6.07, 6.45) is 10.6. The van der Waals surface area contributed by atoms with E-state index in [9.17, 15) is 4.79 Å². The molecule has 0 bridgehead atoms. The van der Waals surface area contributed by atoms with Crippen LogP contribution in [0.15, 0.2) is 11.8 Å². The maximum atomic E-state index is 12.1. The van der Waals surface area contributed by atoms with Crippen LogP contribution >= 0.6 is 0 Å². The lowest BCUT2D eigenvalue weighted by molar-refractivity contribution is -0.173. The Morgan fingerprint density at radius 3 is 2.95 bits per heavy atom. The number of nitrogens with one attached hydrogen (secondary N) is 1. The Hall–Kier alpha value is -1.51. The van der Waals surface area contributed by atoms with Crippen LogP contribution in [0.5, 0.6) is 0 Å². The fraction of sp³-hybridized carbons (Fsp3) is 0.706. The first kappa shape index (κ1) is 16.9. The highest BCUT2D eigenvalue weighted by Gasteiger charge is 2.43. The van der Waals surface area contributed by atoms with E-state index in [-0.39, 0.29) is 30.9 Å². The third-order valence-corrected chi connectivity index (χ3v) is 4.20. The van der Waals surface area contributed by atoms with Crippen LogP contribution in [0.25, 0.3) is 0 Å². The second kappa shape index (κ2) is 8.21. The number of ether oxygens (including phenoxy) is 2. The van der Waals surface area contributed by atoms with Crippen molar-refractivity contribution < 1.29 is 19.4 Å². The fourth-order valence-electron chi connectivity index (χ4n) is 3.02. The summed E-state index contributed by atoms with van der Waals surface area (Å²) >= 11 is 0. The van der Waals surface area contributed by atoms with E-state index in [2.05, 4.69) is 11.2 Å². The quantitative estimate of drug-likeness (QED) is 0.666. The van der Waals surface area contributed by atoms with E-state index in [4.69, 9.17) is 21.0 Å². The van der Waals surface area contributed by atoms with Crippen LogP contribution < -0.4 is 5.32 Å². The number of carbonyl (C=O) groups is 1. The van der Waals surface area contributed by atoms with Gasteiger partial charge in [-0.2, -0.15) is 0 Å². The monoisotopic (exact) mass is 307 g/mol. The minimum absolute atomic E-state index is 0.159. The zero-order chi connectivity index (χ0) is 15.9. The van der Waals surface area contributed by atoms with E-state index in [1.54, 1.807) is 0 Å². The van der Waals surface area contributed by atoms with Crippen molar-refractivity contribution in [2.75, 3.05) is 19.8 Å². The lowest BCUT2D eigenvalue weighted by Gasteiger charge is -2.37. The van der Waals surface area contributed by atoms with Crippen molar-refractivity contribution in [2.45, 2.75) is 38.9 Å². The van der Waals surface area contributed by atoms with Gasteiger partial charge in [-0.25, -0.2) is 0 Å². The zero-order valence-electron chi connectivity index (χ0n) is 13.1. The fourth-order valence-corrected chi connectivity index (χ4v) is 3.02. The first-order valence-electron chi connectivity index (χ1n) is 8.03. The van der Waals surface area contributed by atoms with E-state index in [1.165, 1.54) is 12.8 Å². The molecule has 0 aromatic carbocycles. The molecule has 2 N–H and O–H groups in total. The topological polar surface area (TPSA) is 67.8 Å². The zero-order valence-corrected chi connectivity index (χ0v) is 13.1. The molecule has 2 rings (SSSR count). The summed E-state index contributed by atoms with van der Waals surface area (Å²) in [4.78, 5) is 12.1. The van der Waals surface area contributed by atoms with Crippen molar-refractivity contribution >= 4 is 5.91 Å². The number of amides is 1. The first-order valence-corrected chi connectivity index (χ1v) is 8.03. The third-order valence-electron chi connectivity index (χ3n) is 4.20. The van der Waals surface area contributed by atoms with Crippen molar-refractivity contribution in [3.63, 3.8) is 0 Å². The Bertz CT molecular complexity index is 450. The number of rotatable bonds is 8. The van der Waals surface area contributed by atoms with Gasteiger partial charge in [0.1, 0.15) is 0 Å². The maximum Gasteiger partial charge on any atom is 0.286 e. The number of allylic oxidation sites excluding steroid dienone is 1. The van der Waals surface area contributed by atoms with Gasteiger partial charge >= 0.3 is 0 Å². The SMILES string of the molecule is C#CCNC(=O)C1=C[C@H](C2CC2)[C@@H](CCCO)[C@H](OCC)O1. The Morgan fingerprint density at radius 1 is 1.59 bits per heavy atom. The van der Waals surface area contributed by atoms with Gasteiger partial charge in [-0.15, -0.1) is 6.42 Å². The Kier molecular flexibility index (Phi) is 6.29. The molecule has 1 amide bonds. The van der Waals surface area contributed by atoms with Gasteiger partial charge in [-0.3, -0.25) is 4.79 Å². The van der Waals surface area contributed by atoms with Gasteiger partial charge in [0.05, 0.1) is 6.54 Å². The Morgan fingerprint density at radius 2 is 2.36 bits per heavy atom. The minimum atomic E-state index is -0.432. The normalized spacial score (nSPS) is 27.5. The molecule has 0 saturated heterocycles. The van der Waals surface area contributed by atoms with E-state index >= 15 is 0 Å². The number of hydrogen-bond donors (Lipinski definition) is 2. The largest absolute Gasteiger partial charge is 0.459 e. The molecular formula is C17H25NO4. The minimum Gasteiger partial charge on any atom is -0.459 e. The third kappa shape index (κ3) is 4.25. The smallest absolute Gasteiger partial charge is 0.286 e. The van der Waals surface area contributed by atoms with Crippen molar-refractivity contribution in [1.29, 1.82) is 0 Å². The molecule has 3 atom stereocenters. The van der Waals surface area contributed by atoms with Crippen molar-refractivity contribution in [2.24, 2.45) is 17.8 Å². The summed E-state index contributed by atoms with van der Waals surface area (Å²) < 4.78 is 11.5. The molecule has 0 aromatic heterocycles. The summed E-state index contributed by atoms with van der Waals surface area (Å²) in [7, 11) is 0. The van der Waals surface area contributed by atoms with Crippen LogP contribution in [-0.4, -0.2) is 37.1 Å². The molecule has 22 heavy (non-hydrogen) atoms. The predicted octanol–water partition coefficient (Wildman–Crippen LogP) is 1.43. The molecule has 1 aliphatic carbocycles. The molecule has 0 unspecified atom stereocenters. The van der Waals surface area contributed by atoms with Gasteiger partial charge in [0.25, 0.3) is 5.91 Å². The molecule has 5 nitrogen and oxygen atoms in total. The molecule has 1 heterocycles. The summed E-state index contributed by atoms with van der Waals surface area (Å²) in [6, 6.07) is 0. The number of aliphatic hydroxyl groups excluding tert-OH is 1. The molecule has 1 fully saturated rings. The number of terminal acetylenes is 1. The van der Waals surface area contributed by atoms with Gasteiger partial charge in [-0.05, 0) is 50.5 Å². The predicted molar refractivity (Wildman–Crippen MR) is 82.4 cm³/mol. The highest BCUT2D eigenvalue weighted by atomic mass is 16.7. The van der Waals surface area contributed by atoms with Crippen molar-refractivity contribution in [3.8, 4) is 12.3 Å². The van der Waals surface area contributed by atoms with Gasteiger partial charge in [0.2, 0.25) is 6.29 Å². The van der Waals surface area contributed by atoms with Crippen molar-refractivity contribution in [3.05, 3.63) is 11.8 Å². The lowest BCUT2D eigenvalue weighted by Crippen LogP contribution is -2.40. The van der Waals surface area contributed by atoms with Crippen LogP contribution in [-0.2, 0) is 14.3 Å². The second-order valence-electron chi connectivity index (χ2n) is 5.80. The molecule has 0 spiro atoms. The van der Waals surface area contributed by atoms with Crippen molar-refractivity contribution in [1.82, 2.24) is 5.32 Å². The van der Waals surface area contributed by atoms with Gasteiger partial charge in [0.15, 0.2) is 5.76 Å². The molecule has 0 aromatic rings. The molecule has 1 aliphatic heterocycles. The van der Waals surface area contributed by atoms with Gasteiger partial charge in [0, 0.05) is 19.1 Å². The molecule has 122 valence electrons. The second-order valence-corrected chi connectivity index (χ2v) is 5.80. The molecule has 5 heteroatoms. The standard InChI is InChI=1S/C17H25NO4/c1-3-9-18-16(20)15-11-14(12-7-8-12)13(6-5-10-19)17(22-15)21-4-2/h1,11-14,17,19H,4-10H2,2H3,(H,18,20)/t13-,14-,17-/m1/s1. The Labute approximate surface area is 132 Å². The lowest BCUT2D eigenvalue weighted by atomic mass is 9.82. The maximum absolute atomic E-state index is 12.1. The number of carbonyl (C=O) groups excluding carboxylic acids is 1. The number of aliphatic hydroxyl groups is 1. The highest BCUT2D eigenvalue weighted by molar-refractivity contribution is 5.91.